The van der Waals surface area contributed by atoms with Crippen molar-refractivity contribution < 1.29 is 0 Å². The van der Waals surface area contributed by atoms with Gasteiger partial charge in [-0.15, -0.1) is 0 Å². The van der Waals surface area contributed by atoms with Crippen molar-refractivity contribution in [2.24, 2.45) is 0 Å². The Morgan fingerprint density at radius 2 is 1.50 bits per heavy atom. The van der Waals surface area contributed by atoms with Crippen LogP contribution in [0.3, 0.4) is 0 Å². The van der Waals surface area contributed by atoms with Crippen LogP contribution in [0.4, 0.5) is 5.69 Å². The molecule has 1 N–H and O–H groups in total. The van der Waals surface area contributed by atoms with Gasteiger partial charge in [0.15, 0.2) is 0 Å². The SMILES string of the molecule is CC(Nc1cc(Cl)ccc1Cl)c1ccc(Cl)c(Cl)c1Cl. The van der Waals surface area contributed by atoms with E-state index in [1.807, 2.05) is 13.0 Å². The fraction of sp³-hybridized carbons (Fsp3) is 0.143. The van der Waals surface area contributed by atoms with E-state index in [2.05, 4.69) is 5.32 Å². The minimum atomic E-state index is -0.103. The van der Waals surface area contributed by atoms with Crippen LogP contribution in [-0.2, 0) is 0 Å². The minimum Gasteiger partial charge on any atom is -0.377 e. The summed E-state index contributed by atoms with van der Waals surface area (Å²) < 4.78 is 0. The largest absolute Gasteiger partial charge is 0.377 e. The number of hydrogen-bond acceptors (Lipinski definition) is 1. The van der Waals surface area contributed by atoms with E-state index in [4.69, 9.17) is 58.0 Å². The van der Waals surface area contributed by atoms with Crippen LogP contribution in [0.1, 0.15) is 18.5 Å². The molecule has 1 unspecified atom stereocenters. The van der Waals surface area contributed by atoms with Gasteiger partial charge in [0.1, 0.15) is 0 Å². The number of halogens is 5. The molecule has 0 saturated heterocycles. The van der Waals surface area contributed by atoms with Gasteiger partial charge < -0.3 is 5.32 Å². The second kappa shape index (κ2) is 6.64. The summed E-state index contributed by atoms with van der Waals surface area (Å²) in [6.45, 7) is 1.95. The highest BCUT2D eigenvalue weighted by Gasteiger charge is 2.15. The minimum absolute atomic E-state index is 0.103. The molecule has 0 radical (unpaired) electrons. The molecule has 0 bridgehead atoms. The molecule has 0 aliphatic rings. The Hall–Kier alpha value is -0.310. The lowest BCUT2D eigenvalue weighted by Gasteiger charge is -2.19. The molecule has 0 heterocycles. The third kappa shape index (κ3) is 3.47. The summed E-state index contributed by atoms with van der Waals surface area (Å²) >= 11 is 30.3. The zero-order chi connectivity index (χ0) is 14.9. The summed E-state index contributed by atoms with van der Waals surface area (Å²) in [5, 5.41) is 5.63. The van der Waals surface area contributed by atoms with E-state index >= 15 is 0 Å². The second-order valence-electron chi connectivity index (χ2n) is 4.25. The molecule has 6 heteroatoms. The van der Waals surface area contributed by atoms with Crippen molar-refractivity contribution >= 4 is 63.7 Å². The molecule has 2 rings (SSSR count). The fourth-order valence-corrected chi connectivity index (χ4v) is 2.84. The number of rotatable bonds is 3. The Morgan fingerprint density at radius 1 is 0.850 bits per heavy atom. The van der Waals surface area contributed by atoms with E-state index in [0.29, 0.717) is 25.1 Å². The molecule has 0 spiro atoms. The zero-order valence-corrected chi connectivity index (χ0v) is 14.1. The van der Waals surface area contributed by atoms with Gasteiger partial charge in [-0.2, -0.15) is 0 Å². The number of hydrogen-bond donors (Lipinski definition) is 1. The summed E-state index contributed by atoms with van der Waals surface area (Å²) in [6, 6.07) is 8.65. The third-order valence-corrected chi connectivity index (χ3v) is 4.70. The monoisotopic (exact) mass is 367 g/mol. The quantitative estimate of drug-likeness (QED) is 0.568. The van der Waals surface area contributed by atoms with E-state index in [-0.39, 0.29) is 6.04 Å². The Morgan fingerprint density at radius 3 is 2.20 bits per heavy atom. The fourth-order valence-electron chi connectivity index (χ4n) is 1.79. The predicted octanol–water partition coefficient (Wildman–Crippen LogP) is 7.13. The molecule has 2 aromatic carbocycles. The first-order valence-corrected chi connectivity index (χ1v) is 7.64. The molecular formula is C14H10Cl5N. The van der Waals surface area contributed by atoms with Crippen LogP contribution in [0.25, 0.3) is 0 Å². The van der Waals surface area contributed by atoms with Crippen LogP contribution in [0.5, 0.6) is 0 Å². The van der Waals surface area contributed by atoms with Crippen molar-refractivity contribution in [3.63, 3.8) is 0 Å². The Balaban J connectivity index is 2.31. The molecule has 0 aromatic heterocycles. The van der Waals surface area contributed by atoms with E-state index in [1.54, 1.807) is 24.3 Å². The Kier molecular flexibility index (Phi) is 5.33. The molecule has 0 fully saturated rings. The average molecular weight is 370 g/mol. The maximum absolute atomic E-state index is 6.22. The smallest absolute Gasteiger partial charge is 0.0782 e. The number of nitrogens with one attached hydrogen (secondary N) is 1. The highest BCUT2D eigenvalue weighted by Crippen LogP contribution is 2.37. The lowest BCUT2D eigenvalue weighted by atomic mass is 10.1. The van der Waals surface area contributed by atoms with Crippen LogP contribution in [0.15, 0.2) is 30.3 Å². The molecule has 0 saturated carbocycles. The van der Waals surface area contributed by atoms with Crippen LogP contribution in [0, 0.1) is 0 Å². The second-order valence-corrected chi connectivity index (χ2v) is 6.26. The van der Waals surface area contributed by atoms with Crippen molar-refractivity contribution in [2.75, 3.05) is 5.32 Å². The standard InChI is InChI=1S/C14H10Cl5N/c1-7(9-3-5-11(17)14(19)13(9)18)20-12-6-8(15)2-4-10(12)16/h2-7,20H,1H3. The van der Waals surface area contributed by atoms with Crippen molar-refractivity contribution in [2.45, 2.75) is 13.0 Å². The normalized spacial score (nSPS) is 12.3. The molecule has 2 aromatic rings. The molecular weight excluding hydrogens is 359 g/mol. The molecule has 20 heavy (non-hydrogen) atoms. The van der Waals surface area contributed by atoms with Gasteiger partial charge in [0, 0.05) is 5.02 Å². The maximum Gasteiger partial charge on any atom is 0.0782 e. The average Bonchev–Trinajstić information content (AvgIpc) is 2.40. The number of benzene rings is 2. The highest BCUT2D eigenvalue weighted by molar-refractivity contribution is 6.48. The topological polar surface area (TPSA) is 12.0 Å². The summed E-state index contributed by atoms with van der Waals surface area (Å²) in [7, 11) is 0. The van der Waals surface area contributed by atoms with Gasteiger partial charge >= 0.3 is 0 Å². The van der Waals surface area contributed by atoms with Crippen molar-refractivity contribution in [1.29, 1.82) is 0 Å². The maximum atomic E-state index is 6.22. The van der Waals surface area contributed by atoms with Gasteiger partial charge in [-0.25, -0.2) is 0 Å². The number of anilines is 1. The van der Waals surface area contributed by atoms with Crippen LogP contribution in [-0.4, -0.2) is 0 Å². The lowest BCUT2D eigenvalue weighted by Crippen LogP contribution is -2.08. The van der Waals surface area contributed by atoms with Gasteiger partial charge in [0.25, 0.3) is 0 Å². The van der Waals surface area contributed by atoms with Gasteiger partial charge in [0.2, 0.25) is 0 Å². The summed E-state index contributed by atoms with van der Waals surface area (Å²) in [6.07, 6.45) is 0. The van der Waals surface area contributed by atoms with E-state index in [1.165, 1.54) is 0 Å². The predicted molar refractivity (Wildman–Crippen MR) is 90.0 cm³/mol. The van der Waals surface area contributed by atoms with Gasteiger partial charge in [-0.1, -0.05) is 64.1 Å². The van der Waals surface area contributed by atoms with E-state index < -0.39 is 0 Å². The Bertz CT molecular complexity index is 642. The first-order valence-electron chi connectivity index (χ1n) is 5.75. The van der Waals surface area contributed by atoms with E-state index in [0.717, 1.165) is 11.3 Å². The van der Waals surface area contributed by atoms with Gasteiger partial charge in [-0.05, 0) is 36.8 Å². The molecule has 1 atom stereocenters. The highest BCUT2D eigenvalue weighted by atomic mass is 35.5. The molecule has 0 aliphatic heterocycles. The summed E-state index contributed by atoms with van der Waals surface area (Å²) in [5.41, 5.74) is 1.56. The van der Waals surface area contributed by atoms with E-state index in [9.17, 15) is 0 Å². The first kappa shape index (κ1) is 16.1. The summed E-state index contributed by atoms with van der Waals surface area (Å²) in [4.78, 5) is 0. The Labute approximate surface area is 142 Å². The zero-order valence-electron chi connectivity index (χ0n) is 10.4. The van der Waals surface area contributed by atoms with Crippen molar-refractivity contribution in [1.82, 2.24) is 0 Å². The molecule has 1 nitrogen and oxygen atoms in total. The van der Waals surface area contributed by atoms with Crippen LogP contribution < -0.4 is 5.32 Å². The first-order chi connectivity index (χ1) is 9.40. The molecule has 106 valence electrons. The van der Waals surface area contributed by atoms with Gasteiger partial charge in [-0.3, -0.25) is 0 Å². The van der Waals surface area contributed by atoms with Gasteiger partial charge in [0.05, 0.1) is 31.8 Å². The van der Waals surface area contributed by atoms with Crippen molar-refractivity contribution in [3.05, 3.63) is 61.0 Å². The molecule has 0 amide bonds. The third-order valence-electron chi connectivity index (χ3n) is 2.83. The van der Waals surface area contributed by atoms with Crippen LogP contribution in [0.2, 0.25) is 25.1 Å². The molecule has 0 aliphatic carbocycles. The van der Waals surface area contributed by atoms with Crippen molar-refractivity contribution in [3.8, 4) is 0 Å². The summed E-state index contributed by atoms with van der Waals surface area (Å²) in [5.74, 6) is 0. The van der Waals surface area contributed by atoms with Crippen LogP contribution >= 0.6 is 58.0 Å². The lowest BCUT2D eigenvalue weighted by molar-refractivity contribution is 0.885.